The fraction of sp³-hybridized carbons (Fsp3) is 0.259. The van der Waals surface area contributed by atoms with Crippen molar-refractivity contribution in [1.82, 2.24) is 9.97 Å². The lowest BCUT2D eigenvalue weighted by atomic mass is 9.93. The van der Waals surface area contributed by atoms with Gasteiger partial charge >= 0.3 is 5.97 Å². The van der Waals surface area contributed by atoms with E-state index in [4.69, 9.17) is 14.5 Å². The van der Waals surface area contributed by atoms with Gasteiger partial charge in [0, 0.05) is 5.92 Å². The second-order valence-corrected chi connectivity index (χ2v) is 7.88. The maximum absolute atomic E-state index is 11.5. The highest BCUT2D eigenvalue weighted by Crippen LogP contribution is 2.30. The van der Waals surface area contributed by atoms with Gasteiger partial charge in [0.15, 0.2) is 0 Å². The first-order chi connectivity index (χ1) is 15.7. The van der Waals surface area contributed by atoms with Crippen LogP contribution in [0.1, 0.15) is 59.4 Å². The molecule has 0 aliphatic rings. The summed E-state index contributed by atoms with van der Waals surface area (Å²) in [6, 6.07) is 23.7. The number of hydrogen-bond acceptors (Lipinski definition) is 4. The van der Waals surface area contributed by atoms with Gasteiger partial charge in [0.05, 0.1) is 23.7 Å². The minimum absolute atomic E-state index is 0.224. The molecule has 4 rings (SSSR count). The number of esters is 1. The van der Waals surface area contributed by atoms with Gasteiger partial charge in [-0.05, 0) is 53.9 Å². The summed E-state index contributed by atoms with van der Waals surface area (Å²) in [5.74, 6) is 1.71. The Morgan fingerprint density at radius 3 is 2.44 bits per heavy atom. The van der Waals surface area contributed by atoms with Crippen LogP contribution in [0.15, 0.2) is 72.8 Å². The van der Waals surface area contributed by atoms with Crippen molar-refractivity contribution in [2.75, 3.05) is 7.11 Å². The predicted octanol–water partition coefficient (Wildman–Crippen LogP) is 6.25. The first-order valence-electron chi connectivity index (χ1n) is 11.0. The largest absolute Gasteiger partial charge is 0.489 e. The Kier molecular flexibility index (Phi) is 6.85. The molecule has 1 aromatic heterocycles. The lowest BCUT2D eigenvalue weighted by Gasteiger charge is -2.16. The van der Waals surface area contributed by atoms with Crippen molar-refractivity contribution in [3.05, 3.63) is 95.3 Å². The second kappa shape index (κ2) is 10.1. The zero-order valence-electron chi connectivity index (χ0n) is 18.5. The lowest BCUT2D eigenvalue weighted by Crippen LogP contribution is -2.04. The molecule has 0 spiro atoms. The van der Waals surface area contributed by atoms with Gasteiger partial charge < -0.3 is 14.5 Å². The SMILES string of the molecule is CCCCC(c1ccc(OCc2ccc(C(=O)OC)cc2)cc1)c1nc2ccccc2[nH]1. The average molecular weight is 429 g/mol. The molecule has 0 amide bonds. The number of nitrogens with zero attached hydrogens (tertiary/aromatic N) is 1. The minimum Gasteiger partial charge on any atom is -0.489 e. The predicted molar refractivity (Wildman–Crippen MR) is 126 cm³/mol. The van der Waals surface area contributed by atoms with Crippen molar-refractivity contribution in [3.8, 4) is 5.75 Å². The Hall–Kier alpha value is -3.60. The molecule has 0 saturated carbocycles. The van der Waals surface area contributed by atoms with Gasteiger partial charge in [0.25, 0.3) is 0 Å². The van der Waals surface area contributed by atoms with Gasteiger partial charge in [-0.2, -0.15) is 0 Å². The van der Waals surface area contributed by atoms with Crippen LogP contribution in [0, 0.1) is 0 Å². The number of imidazole rings is 1. The van der Waals surface area contributed by atoms with Crippen LogP contribution < -0.4 is 4.74 Å². The number of methoxy groups -OCH3 is 1. The van der Waals surface area contributed by atoms with E-state index in [2.05, 4.69) is 30.1 Å². The summed E-state index contributed by atoms with van der Waals surface area (Å²) in [6.07, 6.45) is 3.33. The molecule has 1 atom stereocenters. The summed E-state index contributed by atoms with van der Waals surface area (Å²) in [6.45, 7) is 2.65. The molecule has 0 saturated heterocycles. The maximum Gasteiger partial charge on any atom is 0.337 e. The monoisotopic (exact) mass is 428 g/mol. The van der Waals surface area contributed by atoms with E-state index in [1.807, 2.05) is 42.5 Å². The summed E-state index contributed by atoms with van der Waals surface area (Å²) in [4.78, 5) is 19.9. The molecular weight excluding hydrogens is 400 g/mol. The number of hydrogen-bond donors (Lipinski definition) is 1. The molecule has 0 aliphatic heterocycles. The van der Waals surface area contributed by atoms with E-state index >= 15 is 0 Å². The smallest absolute Gasteiger partial charge is 0.337 e. The molecule has 3 aromatic carbocycles. The molecule has 4 aromatic rings. The normalized spacial score (nSPS) is 11.9. The highest BCUT2D eigenvalue weighted by Gasteiger charge is 2.18. The number of carbonyl (C=O) groups is 1. The summed E-state index contributed by atoms with van der Waals surface area (Å²) in [7, 11) is 1.38. The quantitative estimate of drug-likeness (QED) is 0.320. The van der Waals surface area contributed by atoms with E-state index in [1.165, 1.54) is 12.7 Å². The summed E-state index contributed by atoms with van der Waals surface area (Å²) in [5.41, 5.74) is 4.82. The zero-order chi connectivity index (χ0) is 22.3. The number of aromatic nitrogens is 2. The Bertz CT molecular complexity index is 1130. The number of para-hydroxylation sites is 2. The summed E-state index contributed by atoms with van der Waals surface area (Å²) >= 11 is 0. The van der Waals surface area contributed by atoms with Crippen LogP contribution in [0.3, 0.4) is 0 Å². The molecule has 32 heavy (non-hydrogen) atoms. The highest BCUT2D eigenvalue weighted by atomic mass is 16.5. The van der Waals surface area contributed by atoms with E-state index in [0.717, 1.165) is 47.4 Å². The van der Waals surface area contributed by atoms with Gasteiger partial charge in [-0.15, -0.1) is 0 Å². The Balaban J connectivity index is 1.46. The molecule has 1 unspecified atom stereocenters. The van der Waals surface area contributed by atoms with Crippen molar-refractivity contribution < 1.29 is 14.3 Å². The number of rotatable bonds is 9. The topological polar surface area (TPSA) is 64.2 Å². The summed E-state index contributed by atoms with van der Waals surface area (Å²) < 4.78 is 10.7. The maximum atomic E-state index is 11.5. The van der Waals surface area contributed by atoms with Crippen molar-refractivity contribution >= 4 is 17.0 Å². The average Bonchev–Trinajstić information content (AvgIpc) is 3.27. The van der Waals surface area contributed by atoms with Crippen molar-refractivity contribution in [2.24, 2.45) is 0 Å². The highest BCUT2D eigenvalue weighted by molar-refractivity contribution is 5.89. The molecule has 1 N–H and O–H groups in total. The Morgan fingerprint density at radius 2 is 1.75 bits per heavy atom. The number of fused-ring (bicyclic) bond motifs is 1. The first kappa shape index (κ1) is 21.6. The van der Waals surface area contributed by atoms with Crippen LogP contribution >= 0.6 is 0 Å². The molecule has 0 bridgehead atoms. The van der Waals surface area contributed by atoms with Crippen LogP contribution in [-0.2, 0) is 11.3 Å². The van der Waals surface area contributed by atoms with Crippen LogP contribution in [0.25, 0.3) is 11.0 Å². The standard InChI is InChI=1S/C27H28N2O3/c1-3-4-7-23(26-28-24-8-5-6-9-25(24)29-26)20-14-16-22(17-15-20)32-18-19-10-12-21(13-11-19)27(30)31-2/h5-6,8-17,23H,3-4,7,18H2,1-2H3,(H,28,29). The van der Waals surface area contributed by atoms with Crippen LogP contribution in [0.2, 0.25) is 0 Å². The van der Waals surface area contributed by atoms with Crippen LogP contribution in [0.5, 0.6) is 5.75 Å². The number of H-pyrrole nitrogens is 1. The third-order valence-electron chi connectivity index (χ3n) is 5.65. The van der Waals surface area contributed by atoms with E-state index < -0.39 is 0 Å². The number of nitrogens with one attached hydrogen (secondary N) is 1. The number of aromatic amines is 1. The molecule has 0 fully saturated rings. The van der Waals surface area contributed by atoms with Gasteiger partial charge in [0.2, 0.25) is 0 Å². The fourth-order valence-corrected chi connectivity index (χ4v) is 3.83. The van der Waals surface area contributed by atoms with E-state index in [9.17, 15) is 4.79 Å². The van der Waals surface area contributed by atoms with Crippen molar-refractivity contribution in [1.29, 1.82) is 0 Å². The van der Waals surface area contributed by atoms with Gasteiger partial charge in [-0.3, -0.25) is 0 Å². The van der Waals surface area contributed by atoms with Gasteiger partial charge in [-0.1, -0.05) is 56.2 Å². The van der Waals surface area contributed by atoms with Crippen LogP contribution in [-0.4, -0.2) is 23.0 Å². The number of benzene rings is 3. The molecular formula is C27H28N2O3. The lowest BCUT2D eigenvalue weighted by molar-refractivity contribution is 0.0600. The fourth-order valence-electron chi connectivity index (χ4n) is 3.83. The van der Waals surface area contributed by atoms with E-state index in [-0.39, 0.29) is 11.9 Å². The van der Waals surface area contributed by atoms with E-state index in [0.29, 0.717) is 12.2 Å². The van der Waals surface area contributed by atoms with Gasteiger partial charge in [-0.25, -0.2) is 9.78 Å². The Labute approximate surface area is 188 Å². The molecule has 5 heteroatoms. The third kappa shape index (κ3) is 4.99. The molecule has 0 radical (unpaired) electrons. The zero-order valence-corrected chi connectivity index (χ0v) is 18.5. The Morgan fingerprint density at radius 1 is 1.00 bits per heavy atom. The van der Waals surface area contributed by atoms with Crippen molar-refractivity contribution in [3.63, 3.8) is 0 Å². The van der Waals surface area contributed by atoms with E-state index in [1.54, 1.807) is 12.1 Å². The van der Waals surface area contributed by atoms with Gasteiger partial charge in [0.1, 0.15) is 18.2 Å². The minimum atomic E-state index is -0.338. The molecule has 1 heterocycles. The summed E-state index contributed by atoms with van der Waals surface area (Å²) in [5, 5.41) is 0. The molecule has 164 valence electrons. The second-order valence-electron chi connectivity index (χ2n) is 7.88. The van der Waals surface area contributed by atoms with Crippen molar-refractivity contribution in [2.45, 2.75) is 38.7 Å². The third-order valence-corrected chi connectivity index (χ3v) is 5.65. The number of unbranched alkanes of at least 4 members (excludes halogenated alkanes) is 1. The first-order valence-corrected chi connectivity index (χ1v) is 11.0. The number of carbonyl (C=O) groups excluding carboxylic acids is 1. The van der Waals surface area contributed by atoms with Crippen LogP contribution in [0.4, 0.5) is 0 Å². The molecule has 0 aliphatic carbocycles. The molecule has 5 nitrogen and oxygen atoms in total. The number of ether oxygens (including phenoxy) is 2.